The summed E-state index contributed by atoms with van der Waals surface area (Å²) in [6, 6.07) is 17.3. The van der Waals surface area contributed by atoms with Gasteiger partial charge in [-0.25, -0.2) is 0 Å². The Labute approximate surface area is 172 Å². The minimum atomic E-state index is -0.295. The van der Waals surface area contributed by atoms with Gasteiger partial charge in [0.2, 0.25) is 11.8 Å². The summed E-state index contributed by atoms with van der Waals surface area (Å²) in [5, 5.41) is 2.92. The lowest BCUT2D eigenvalue weighted by Gasteiger charge is -2.18. The SMILES string of the molecule is CN(C)CCCN1CC(C(=O)Nc2ccc(OCc3ccccc3)cc2)CC1=O. The zero-order valence-electron chi connectivity index (χ0n) is 17.1. The number of nitrogens with zero attached hydrogens (tertiary/aromatic N) is 2. The molecule has 3 rings (SSSR count). The molecular weight excluding hydrogens is 366 g/mol. The van der Waals surface area contributed by atoms with Crippen LogP contribution in [0, 0.1) is 5.92 Å². The molecule has 0 aliphatic carbocycles. The summed E-state index contributed by atoms with van der Waals surface area (Å²) in [6.07, 6.45) is 1.20. The van der Waals surface area contributed by atoms with Crippen LogP contribution in [0.1, 0.15) is 18.4 Å². The number of carbonyl (C=O) groups excluding carboxylic acids is 2. The van der Waals surface area contributed by atoms with Crippen LogP contribution < -0.4 is 10.1 Å². The minimum Gasteiger partial charge on any atom is -0.489 e. The number of likely N-dealkylation sites (tertiary alicyclic amines) is 1. The lowest BCUT2D eigenvalue weighted by atomic mass is 10.1. The second-order valence-corrected chi connectivity index (χ2v) is 7.69. The van der Waals surface area contributed by atoms with E-state index in [-0.39, 0.29) is 24.2 Å². The van der Waals surface area contributed by atoms with Crippen LogP contribution >= 0.6 is 0 Å². The average Bonchev–Trinajstić information content (AvgIpc) is 3.09. The second-order valence-electron chi connectivity index (χ2n) is 7.69. The van der Waals surface area contributed by atoms with E-state index in [9.17, 15) is 9.59 Å². The van der Waals surface area contributed by atoms with Crippen LogP contribution in [0.25, 0.3) is 0 Å². The molecule has 1 saturated heterocycles. The minimum absolute atomic E-state index is 0.0635. The van der Waals surface area contributed by atoms with E-state index in [1.54, 1.807) is 4.90 Å². The Kier molecular flexibility index (Phi) is 7.25. The molecule has 1 aliphatic rings. The van der Waals surface area contributed by atoms with Crippen LogP contribution in [-0.4, -0.2) is 55.3 Å². The van der Waals surface area contributed by atoms with E-state index >= 15 is 0 Å². The summed E-state index contributed by atoms with van der Waals surface area (Å²) in [5.74, 6) is 0.408. The van der Waals surface area contributed by atoms with Crippen molar-refractivity contribution in [2.75, 3.05) is 39.0 Å². The number of ether oxygens (including phenoxy) is 1. The Bertz CT molecular complexity index is 806. The van der Waals surface area contributed by atoms with E-state index in [1.165, 1.54) is 0 Å². The molecule has 0 aromatic heterocycles. The van der Waals surface area contributed by atoms with Gasteiger partial charge in [-0.05, 0) is 56.9 Å². The molecule has 2 amide bonds. The normalized spacial score (nSPS) is 16.3. The lowest BCUT2D eigenvalue weighted by Crippen LogP contribution is -2.30. The van der Waals surface area contributed by atoms with Crippen LogP contribution in [0.5, 0.6) is 5.75 Å². The molecule has 0 saturated carbocycles. The molecule has 1 fully saturated rings. The molecule has 1 heterocycles. The highest BCUT2D eigenvalue weighted by Crippen LogP contribution is 2.22. The number of anilines is 1. The first kappa shape index (κ1) is 20.9. The molecule has 0 radical (unpaired) electrons. The van der Waals surface area contributed by atoms with E-state index < -0.39 is 0 Å². The second kappa shape index (κ2) is 10.1. The molecule has 1 aliphatic heterocycles. The Balaban J connectivity index is 1.46. The van der Waals surface area contributed by atoms with Crippen molar-refractivity contribution in [2.24, 2.45) is 5.92 Å². The number of hydrogen-bond acceptors (Lipinski definition) is 4. The van der Waals surface area contributed by atoms with Crippen LogP contribution in [0.15, 0.2) is 54.6 Å². The topological polar surface area (TPSA) is 61.9 Å². The van der Waals surface area contributed by atoms with Crippen LogP contribution in [0.3, 0.4) is 0 Å². The van der Waals surface area contributed by atoms with E-state index in [2.05, 4.69) is 10.2 Å². The fraction of sp³-hybridized carbons (Fsp3) is 0.391. The van der Waals surface area contributed by atoms with Crippen molar-refractivity contribution in [3.8, 4) is 5.75 Å². The zero-order chi connectivity index (χ0) is 20.6. The summed E-state index contributed by atoms with van der Waals surface area (Å²) in [5.41, 5.74) is 1.81. The maximum atomic E-state index is 12.6. The van der Waals surface area contributed by atoms with Gasteiger partial charge in [0.1, 0.15) is 12.4 Å². The van der Waals surface area contributed by atoms with E-state index in [0.717, 1.165) is 24.3 Å². The van der Waals surface area contributed by atoms with Gasteiger partial charge in [-0.1, -0.05) is 30.3 Å². The number of amides is 2. The Morgan fingerprint density at radius 3 is 2.55 bits per heavy atom. The molecule has 154 valence electrons. The predicted octanol–water partition coefficient (Wildman–Crippen LogP) is 3.00. The summed E-state index contributed by atoms with van der Waals surface area (Å²) in [7, 11) is 4.03. The van der Waals surface area contributed by atoms with Crippen LogP contribution in [-0.2, 0) is 16.2 Å². The van der Waals surface area contributed by atoms with E-state index in [4.69, 9.17) is 4.74 Å². The van der Waals surface area contributed by atoms with E-state index in [0.29, 0.717) is 25.4 Å². The monoisotopic (exact) mass is 395 g/mol. The molecule has 2 aromatic rings. The van der Waals surface area contributed by atoms with Crippen molar-refractivity contribution < 1.29 is 14.3 Å². The number of hydrogen-bond donors (Lipinski definition) is 1. The van der Waals surface area contributed by atoms with Crippen molar-refractivity contribution in [3.63, 3.8) is 0 Å². The number of rotatable bonds is 9. The highest BCUT2D eigenvalue weighted by atomic mass is 16.5. The predicted molar refractivity (Wildman–Crippen MR) is 114 cm³/mol. The van der Waals surface area contributed by atoms with Crippen LogP contribution in [0.4, 0.5) is 5.69 Å². The smallest absolute Gasteiger partial charge is 0.229 e. The number of nitrogens with one attached hydrogen (secondary N) is 1. The molecule has 0 bridgehead atoms. The fourth-order valence-corrected chi connectivity index (χ4v) is 3.36. The van der Waals surface area contributed by atoms with Gasteiger partial charge in [-0.15, -0.1) is 0 Å². The van der Waals surface area contributed by atoms with Gasteiger partial charge < -0.3 is 19.9 Å². The van der Waals surface area contributed by atoms with Gasteiger partial charge in [0, 0.05) is 25.2 Å². The Morgan fingerprint density at radius 1 is 1.14 bits per heavy atom. The van der Waals surface area contributed by atoms with E-state index in [1.807, 2.05) is 68.7 Å². The molecular formula is C23H29N3O3. The number of carbonyl (C=O) groups is 2. The van der Waals surface area contributed by atoms with Crippen molar-refractivity contribution in [2.45, 2.75) is 19.4 Å². The maximum absolute atomic E-state index is 12.6. The van der Waals surface area contributed by atoms with Crippen molar-refractivity contribution in [3.05, 3.63) is 60.2 Å². The van der Waals surface area contributed by atoms with Gasteiger partial charge in [-0.3, -0.25) is 9.59 Å². The Hall–Kier alpha value is -2.86. The molecule has 2 aromatic carbocycles. The molecule has 0 spiro atoms. The van der Waals surface area contributed by atoms with Gasteiger partial charge in [0.05, 0.1) is 5.92 Å². The standard InChI is InChI=1S/C23H29N3O3/c1-25(2)13-6-14-26-16-19(15-22(26)27)23(28)24-20-9-11-21(12-10-20)29-17-18-7-4-3-5-8-18/h3-5,7-12,19H,6,13-17H2,1-2H3,(H,24,28). The molecule has 1 atom stereocenters. The van der Waals surface area contributed by atoms with Crippen molar-refractivity contribution in [1.82, 2.24) is 9.80 Å². The number of benzene rings is 2. The quantitative estimate of drug-likeness (QED) is 0.709. The summed E-state index contributed by atoms with van der Waals surface area (Å²) in [4.78, 5) is 28.6. The van der Waals surface area contributed by atoms with Gasteiger partial charge in [-0.2, -0.15) is 0 Å². The first-order valence-electron chi connectivity index (χ1n) is 10.0. The summed E-state index contributed by atoms with van der Waals surface area (Å²) >= 11 is 0. The molecule has 29 heavy (non-hydrogen) atoms. The lowest BCUT2D eigenvalue weighted by molar-refractivity contribution is -0.128. The highest BCUT2D eigenvalue weighted by molar-refractivity contribution is 5.97. The first-order valence-corrected chi connectivity index (χ1v) is 10.0. The third-order valence-electron chi connectivity index (χ3n) is 4.99. The van der Waals surface area contributed by atoms with Crippen LogP contribution in [0.2, 0.25) is 0 Å². The largest absolute Gasteiger partial charge is 0.489 e. The van der Waals surface area contributed by atoms with Gasteiger partial charge >= 0.3 is 0 Å². The highest BCUT2D eigenvalue weighted by Gasteiger charge is 2.33. The third-order valence-corrected chi connectivity index (χ3v) is 4.99. The third kappa shape index (κ3) is 6.32. The Morgan fingerprint density at radius 2 is 1.86 bits per heavy atom. The molecule has 6 heteroatoms. The fourth-order valence-electron chi connectivity index (χ4n) is 3.36. The maximum Gasteiger partial charge on any atom is 0.229 e. The summed E-state index contributed by atoms with van der Waals surface area (Å²) < 4.78 is 5.77. The van der Waals surface area contributed by atoms with Gasteiger partial charge in [0.25, 0.3) is 0 Å². The van der Waals surface area contributed by atoms with Crippen molar-refractivity contribution in [1.29, 1.82) is 0 Å². The molecule has 1 N–H and O–H groups in total. The summed E-state index contributed by atoms with van der Waals surface area (Å²) in [6.45, 7) is 2.63. The average molecular weight is 396 g/mol. The first-order chi connectivity index (χ1) is 14.0. The molecule has 6 nitrogen and oxygen atoms in total. The molecule has 1 unspecified atom stereocenters. The van der Waals surface area contributed by atoms with Gasteiger partial charge in [0.15, 0.2) is 0 Å². The van der Waals surface area contributed by atoms with Crippen molar-refractivity contribution >= 4 is 17.5 Å². The zero-order valence-corrected chi connectivity index (χ0v) is 17.1.